The van der Waals surface area contributed by atoms with Gasteiger partial charge in [-0.05, 0) is 13.8 Å². The number of aromatic nitrogens is 1. The van der Waals surface area contributed by atoms with Crippen LogP contribution in [0.5, 0.6) is 0 Å². The van der Waals surface area contributed by atoms with E-state index in [1.807, 2.05) is 6.92 Å². The van der Waals surface area contributed by atoms with E-state index in [0.29, 0.717) is 22.3 Å². The molecule has 18 heavy (non-hydrogen) atoms. The van der Waals surface area contributed by atoms with Gasteiger partial charge in [0.15, 0.2) is 11.5 Å². The first-order chi connectivity index (χ1) is 8.51. The summed E-state index contributed by atoms with van der Waals surface area (Å²) in [6.45, 7) is 3.80. The van der Waals surface area contributed by atoms with Crippen molar-refractivity contribution in [3.05, 3.63) is 17.0 Å². The molecule has 1 rings (SSSR count). The van der Waals surface area contributed by atoms with Crippen molar-refractivity contribution in [2.45, 2.75) is 30.5 Å². The van der Waals surface area contributed by atoms with E-state index in [1.165, 1.54) is 0 Å². The predicted octanol–water partition coefficient (Wildman–Crippen LogP) is 1.43. The van der Waals surface area contributed by atoms with Crippen LogP contribution in [0, 0.1) is 0 Å². The highest BCUT2D eigenvalue weighted by Crippen LogP contribution is 2.24. The molecule has 2 unspecified atom stereocenters. The molecule has 0 aliphatic carbocycles. The number of nitrogens with one attached hydrogen (secondary N) is 1. The Balaban J connectivity index is 2.82. The van der Waals surface area contributed by atoms with Gasteiger partial charge in [-0.1, -0.05) is 27.7 Å². The molecule has 1 heterocycles. The molecule has 0 aromatic carbocycles. The Bertz CT molecular complexity index is 406. The third kappa shape index (κ3) is 3.66. The van der Waals surface area contributed by atoms with Gasteiger partial charge in [-0.25, -0.2) is 0 Å². The molecule has 0 saturated heterocycles. The van der Waals surface area contributed by atoms with Crippen molar-refractivity contribution in [1.29, 1.82) is 0 Å². The molecule has 0 bridgehead atoms. The molecular formula is C11H17IN2O4. The Morgan fingerprint density at radius 2 is 2.28 bits per heavy atom. The zero-order valence-corrected chi connectivity index (χ0v) is 12.7. The van der Waals surface area contributed by atoms with Crippen LogP contribution >= 0.6 is 22.6 Å². The molecule has 1 aromatic rings. The van der Waals surface area contributed by atoms with Crippen molar-refractivity contribution < 1.29 is 19.2 Å². The second-order valence-corrected chi connectivity index (χ2v) is 4.70. The van der Waals surface area contributed by atoms with Crippen molar-refractivity contribution in [1.82, 2.24) is 10.5 Å². The van der Waals surface area contributed by atoms with Crippen LogP contribution in [0.3, 0.4) is 0 Å². The fourth-order valence-electron chi connectivity index (χ4n) is 1.43. The van der Waals surface area contributed by atoms with Crippen LogP contribution in [-0.4, -0.2) is 35.9 Å². The van der Waals surface area contributed by atoms with Crippen LogP contribution in [0.4, 0.5) is 0 Å². The van der Waals surface area contributed by atoms with Gasteiger partial charge in [-0.2, -0.15) is 0 Å². The Morgan fingerprint density at radius 1 is 1.61 bits per heavy atom. The lowest BCUT2D eigenvalue weighted by atomic mass is 10.1. The number of aliphatic hydroxyl groups excluding tert-OH is 1. The number of carbonyl (C=O) groups excluding carboxylic acids is 1. The number of carbonyl (C=O) groups is 1. The first kappa shape index (κ1) is 15.4. The molecule has 1 aromatic heterocycles. The van der Waals surface area contributed by atoms with Gasteiger partial charge >= 0.3 is 0 Å². The van der Waals surface area contributed by atoms with E-state index in [-0.39, 0.29) is 17.7 Å². The highest BCUT2D eigenvalue weighted by atomic mass is 127. The Labute approximate surface area is 119 Å². The lowest BCUT2D eigenvalue weighted by Gasteiger charge is -2.10. The lowest BCUT2D eigenvalue weighted by molar-refractivity contribution is 0.0858. The number of ether oxygens (including phenoxy) is 1. The largest absolute Gasteiger partial charge is 0.388 e. The number of halogens is 1. The van der Waals surface area contributed by atoms with Crippen molar-refractivity contribution in [3.8, 4) is 0 Å². The maximum Gasteiger partial charge on any atom is 0.273 e. The zero-order valence-electron chi connectivity index (χ0n) is 10.6. The summed E-state index contributed by atoms with van der Waals surface area (Å²) in [5, 5.41) is 16.1. The molecule has 1 amide bonds. The molecular weight excluding hydrogens is 351 g/mol. The fraction of sp³-hybridized carbons (Fsp3) is 0.636. The highest BCUT2D eigenvalue weighted by molar-refractivity contribution is 14.1. The van der Waals surface area contributed by atoms with Gasteiger partial charge < -0.3 is 19.7 Å². The van der Waals surface area contributed by atoms with E-state index in [0.717, 1.165) is 0 Å². The highest BCUT2D eigenvalue weighted by Gasteiger charge is 2.24. The van der Waals surface area contributed by atoms with Crippen LogP contribution in [0.1, 0.15) is 41.8 Å². The summed E-state index contributed by atoms with van der Waals surface area (Å²) < 4.78 is 10.6. The van der Waals surface area contributed by atoms with Gasteiger partial charge in [0.2, 0.25) is 0 Å². The fourth-order valence-corrected chi connectivity index (χ4v) is 1.98. The average molecular weight is 368 g/mol. The van der Waals surface area contributed by atoms with E-state index >= 15 is 0 Å². The van der Waals surface area contributed by atoms with E-state index in [9.17, 15) is 9.90 Å². The van der Waals surface area contributed by atoms with Crippen LogP contribution in [-0.2, 0) is 9.16 Å². The summed E-state index contributed by atoms with van der Waals surface area (Å²) in [6.07, 6.45) is -0.874. The maximum atomic E-state index is 11.9. The monoisotopic (exact) mass is 368 g/mol. The number of alkyl halides is 1. The second kappa shape index (κ2) is 7.05. The van der Waals surface area contributed by atoms with Gasteiger partial charge in [-0.15, -0.1) is 0 Å². The quantitative estimate of drug-likeness (QED) is 0.586. The van der Waals surface area contributed by atoms with Crippen molar-refractivity contribution in [3.63, 3.8) is 0 Å². The summed E-state index contributed by atoms with van der Waals surface area (Å²) in [7, 11) is 1.57. The van der Waals surface area contributed by atoms with Crippen LogP contribution in [0.15, 0.2) is 4.52 Å². The van der Waals surface area contributed by atoms with E-state index < -0.39 is 6.10 Å². The number of amides is 1. The average Bonchev–Trinajstić information content (AvgIpc) is 2.79. The molecule has 0 radical (unpaired) electrons. The van der Waals surface area contributed by atoms with Crippen LogP contribution < -0.4 is 5.32 Å². The predicted molar refractivity (Wildman–Crippen MR) is 73.7 cm³/mol. The Kier molecular flexibility index (Phi) is 6.03. The van der Waals surface area contributed by atoms with Crippen molar-refractivity contribution in [2.75, 3.05) is 13.7 Å². The SMILES string of the molecule is COC(C)CNC(=O)c1noc(CI)c1C(C)O. The number of nitrogens with zero attached hydrogens (tertiary/aromatic N) is 1. The van der Waals surface area contributed by atoms with Gasteiger partial charge in [-0.3, -0.25) is 4.79 Å². The minimum absolute atomic E-state index is 0.0834. The van der Waals surface area contributed by atoms with Gasteiger partial charge in [0.25, 0.3) is 5.91 Å². The van der Waals surface area contributed by atoms with Gasteiger partial charge in [0.1, 0.15) is 0 Å². The molecule has 0 aliphatic heterocycles. The number of methoxy groups -OCH3 is 1. The minimum Gasteiger partial charge on any atom is -0.388 e. The summed E-state index contributed by atoms with van der Waals surface area (Å²) >= 11 is 2.09. The summed E-state index contributed by atoms with van der Waals surface area (Å²) in [6, 6.07) is 0. The zero-order chi connectivity index (χ0) is 13.7. The third-order valence-electron chi connectivity index (χ3n) is 2.51. The second-order valence-electron chi connectivity index (χ2n) is 3.93. The van der Waals surface area contributed by atoms with Crippen LogP contribution in [0.2, 0.25) is 0 Å². The number of rotatable bonds is 6. The number of aliphatic hydroxyl groups is 1. The van der Waals surface area contributed by atoms with E-state index in [2.05, 4.69) is 33.1 Å². The third-order valence-corrected chi connectivity index (χ3v) is 3.20. The molecule has 0 aliphatic rings. The van der Waals surface area contributed by atoms with Crippen molar-refractivity contribution >= 4 is 28.5 Å². The number of hydrogen-bond acceptors (Lipinski definition) is 5. The summed E-state index contributed by atoms with van der Waals surface area (Å²) in [5.74, 6) is 0.158. The van der Waals surface area contributed by atoms with Crippen molar-refractivity contribution in [2.24, 2.45) is 0 Å². The van der Waals surface area contributed by atoms with Crippen LogP contribution in [0.25, 0.3) is 0 Å². The Hall–Kier alpha value is -0.670. The van der Waals surface area contributed by atoms with E-state index in [4.69, 9.17) is 9.26 Å². The summed E-state index contributed by atoms with van der Waals surface area (Å²) in [5.41, 5.74) is 0.590. The molecule has 6 nitrogen and oxygen atoms in total. The summed E-state index contributed by atoms with van der Waals surface area (Å²) in [4.78, 5) is 11.9. The molecule has 102 valence electrons. The molecule has 2 N–H and O–H groups in total. The van der Waals surface area contributed by atoms with Gasteiger partial charge in [0, 0.05) is 13.7 Å². The standard InChI is InChI=1S/C11H17IN2O4/c1-6(17-3)5-13-11(16)10-9(7(2)15)8(4-12)18-14-10/h6-7,15H,4-5H2,1-3H3,(H,13,16). The molecule has 0 fully saturated rings. The molecule has 0 saturated carbocycles. The lowest BCUT2D eigenvalue weighted by Crippen LogP contribution is -2.32. The number of hydrogen-bond donors (Lipinski definition) is 2. The first-order valence-corrected chi connectivity index (χ1v) is 7.07. The van der Waals surface area contributed by atoms with Gasteiger partial charge in [0.05, 0.1) is 22.2 Å². The Morgan fingerprint density at radius 3 is 2.78 bits per heavy atom. The van der Waals surface area contributed by atoms with E-state index in [1.54, 1.807) is 14.0 Å². The normalized spacial score (nSPS) is 14.3. The molecule has 7 heteroatoms. The molecule has 0 spiro atoms. The molecule has 2 atom stereocenters. The topological polar surface area (TPSA) is 84.6 Å². The first-order valence-electron chi connectivity index (χ1n) is 5.54. The maximum absolute atomic E-state index is 11.9. The smallest absolute Gasteiger partial charge is 0.273 e. The minimum atomic E-state index is -0.790.